The summed E-state index contributed by atoms with van der Waals surface area (Å²) < 4.78 is 21.0. The number of rotatable bonds is 11. The highest BCUT2D eigenvalue weighted by Gasteiger charge is 2.16. The van der Waals surface area contributed by atoms with Crippen molar-refractivity contribution in [2.45, 2.75) is 33.2 Å². The van der Waals surface area contributed by atoms with E-state index < -0.39 is 5.97 Å². The number of methoxy groups -OCH3 is 2. The van der Waals surface area contributed by atoms with E-state index in [1.54, 1.807) is 43.3 Å². The van der Waals surface area contributed by atoms with Gasteiger partial charge in [0.05, 0.1) is 33.3 Å². The molecule has 0 saturated heterocycles. The predicted molar refractivity (Wildman–Crippen MR) is 118 cm³/mol. The van der Waals surface area contributed by atoms with Crippen LogP contribution >= 0.6 is 0 Å². The van der Waals surface area contributed by atoms with Crippen molar-refractivity contribution in [3.05, 3.63) is 53.1 Å². The third-order valence-electron chi connectivity index (χ3n) is 4.75. The number of ketones is 1. The van der Waals surface area contributed by atoms with Crippen molar-refractivity contribution in [3.8, 4) is 17.2 Å². The number of carbonyl (C=O) groups is 3. The molecule has 0 bridgehead atoms. The fraction of sp³-hybridized carbons (Fsp3) is 0.375. The van der Waals surface area contributed by atoms with Gasteiger partial charge in [0.15, 0.2) is 23.9 Å². The molecule has 0 unspecified atom stereocenters. The number of nitrogens with one attached hydrogen (secondary N) is 1. The molecular weight excluding hydrogens is 414 g/mol. The van der Waals surface area contributed by atoms with Crippen molar-refractivity contribution in [1.82, 2.24) is 5.32 Å². The van der Waals surface area contributed by atoms with E-state index in [2.05, 4.69) is 5.32 Å². The molecule has 2 aromatic rings. The van der Waals surface area contributed by atoms with E-state index in [-0.39, 0.29) is 37.4 Å². The van der Waals surface area contributed by atoms with Crippen molar-refractivity contribution in [1.29, 1.82) is 0 Å². The Bertz CT molecular complexity index is 971. The number of ether oxygens (including phenoxy) is 4. The number of hydrogen-bond acceptors (Lipinski definition) is 7. The van der Waals surface area contributed by atoms with Gasteiger partial charge in [-0.05, 0) is 56.7 Å². The molecule has 0 heterocycles. The second kappa shape index (κ2) is 11.7. The minimum Gasteiger partial charge on any atom is -0.496 e. The standard InChI is InChI=1S/C24H29NO7/c1-6-31-24(28)14-32-21-10-7-17(12-22(21)30-5)15(2)25-23(27)13-19-11-18(16(3)26)8-9-20(19)29-4/h7-12,15H,6,13-14H2,1-5H3,(H,25,27)/t15-/m1/s1. The maximum absolute atomic E-state index is 12.6. The minimum absolute atomic E-state index is 0.0620. The maximum Gasteiger partial charge on any atom is 0.344 e. The maximum atomic E-state index is 12.6. The summed E-state index contributed by atoms with van der Waals surface area (Å²) in [4.78, 5) is 35.8. The van der Waals surface area contributed by atoms with Crippen LogP contribution in [0.1, 0.15) is 48.3 Å². The van der Waals surface area contributed by atoms with Crippen LogP contribution in [0.15, 0.2) is 36.4 Å². The number of hydrogen-bond donors (Lipinski definition) is 1. The zero-order chi connectivity index (χ0) is 23.7. The molecule has 0 aliphatic carbocycles. The molecule has 8 nitrogen and oxygen atoms in total. The number of Topliss-reactive ketones (excluding diaryl/α,β-unsaturated/α-hetero) is 1. The third kappa shape index (κ3) is 6.73. The number of benzene rings is 2. The average Bonchev–Trinajstić information content (AvgIpc) is 2.77. The van der Waals surface area contributed by atoms with Crippen LogP contribution in [0.3, 0.4) is 0 Å². The average molecular weight is 443 g/mol. The topological polar surface area (TPSA) is 100 Å². The Hall–Kier alpha value is -3.55. The Labute approximate surface area is 187 Å². The van der Waals surface area contributed by atoms with Gasteiger partial charge >= 0.3 is 5.97 Å². The van der Waals surface area contributed by atoms with Crippen molar-refractivity contribution < 1.29 is 33.3 Å². The molecule has 8 heteroatoms. The first-order valence-electron chi connectivity index (χ1n) is 10.2. The molecule has 2 rings (SSSR count). The van der Waals surface area contributed by atoms with Crippen LogP contribution in [0.4, 0.5) is 0 Å². The lowest BCUT2D eigenvalue weighted by Gasteiger charge is -2.18. The van der Waals surface area contributed by atoms with Gasteiger partial charge in [-0.3, -0.25) is 9.59 Å². The molecule has 1 amide bonds. The highest BCUT2D eigenvalue weighted by molar-refractivity contribution is 5.94. The lowest BCUT2D eigenvalue weighted by molar-refractivity contribution is -0.145. The van der Waals surface area contributed by atoms with Crippen molar-refractivity contribution in [2.75, 3.05) is 27.4 Å². The molecule has 0 fully saturated rings. The molecule has 0 saturated carbocycles. The third-order valence-corrected chi connectivity index (χ3v) is 4.75. The van der Waals surface area contributed by atoms with Crippen LogP contribution in [0.5, 0.6) is 17.2 Å². The van der Waals surface area contributed by atoms with Gasteiger partial charge in [0.2, 0.25) is 5.91 Å². The van der Waals surface area contributed by atoms with E-state index in [4.69, 9.17) is 18.9 Å². The number of amides is 1. The summed E-state index contributed by atoms with van der Waals surface area (Å²) in [5.74, 6) is 0.599. The normalized spacial score (nSPS) is 11.3. The Kier molecular flexibility index (Phi) is 9.07. The van der Waals surface area contributed by atoms with Crippen molar-refractivity contribution in [3.63, 3.8) is 0 Å². The first kappa shape index (κ1) is 24.7. The fourth-order valence-electron chi connectivity index (χ4n) is 3.10. The molecule has 1 N–H and O–H groups in total. The van der Waals surface area contributed by atoms with Gasteiger partial charge in [-0.15, -0.1) is 0 Å². The molecular formula is C24H29NO7. The summed E-state index contributed by atoms with van der Waals surface area (Å²) in [6.45, 7) is 5.09. The lowest BCUT2D eigenvalue weighted by Crippen LogP contribution is -2.28. The van der Waals surface area contributed by atoms with E-state index >= 15 is 0 Å². The second-order valence-electron chi connectivity index (χ2n) is 7.05. The van der Waals surface area contributed by atoms with E-state index in [9.17, 15) is 14.4 Å². The smallest absolute Gasteiger partial charge is 0.344 e. The summed E-state index contributed by atoms with van der Waals surface area (Å²) in [5.41, 5.74) is 1.94. The Morgan fingerprint density at radius 3 is 2.28 bits per heavy atom. The minimum atomic E-state index is -0.469. The van der Waals surface area contributed by atoms with E-state index in [1.165, 1.54) is 21.1 Å². The van der Waals surface area contributed by atoms with Crippen molar-refractivity contribution in [2.24, 2.45) is 0 Å². The quantitative estimate of drug-likeness (QED) is 0.420. The Balaban J connectivity index is 2.08. The Morgan fingerprint density at radius 2 is 1.66 bits per heavy atom. The molecule has 0 radical (unpaired) electrons. The monoisotopic (exact) mass is 443 g/mol. The molecule has 2 aromatic carbocycles. The van der Waals surface area contributed by atoms with Gasteiger partial charge in [0.25, 0.3) is 0 Å². The predicted octanol–water partition coefficient (Wildman–Crippen LogP) is 3.27. The number of esters is 1. The van der Waals surface area contributed by atoms with Gasteiger partial charge in [-0.25, -0.2) is 4.79 Å². The zero-order valence-electron chi connectivity index (χ0n) is 19.0. The lowest BCUT2D eigenvalue weighted by atomic mass is 10.0. The van der Waals surface area contributed by atoms with Crippen LogP contribution in [0.2, 0.25) is 0 Å². The highest BCUT2D eigenvalue weighted by atomic mass is 16.6. The molecule has 0 aliphatic rings. The van der Waals surface area contributed by atoms with Gasteiger partial charge in [-0.1, -0.05) is 6.07 Å². The first-order chi connectivity index (χ1) is 15.3. The van der Waals surface area contributed by atoms with Crippen LogP contribution in [-0.2, 0) is 20.7 Å². The molecule has 0 aliphatic heterocycles. The summed E-state index contributed by atoms with van der Waals surface area (Å²) in [6, 6.07) is 9.90. The second-order valence-corrected chi connectivity index (χ2v) is 7.05. The van der Waals surface area contributed by atoms with Gasteiger partial charge in [-0.2, -0.15) is 0 Å². The molecule has 0 spiro atoms. The molecule has 0 aromatic heterocycles. The molecule has 172 valence electrons. The Morgan fingerprint density at radius 1 is 0.969 bits per heavy atom. The van der Waals surface area contributed by atoms with Gasteiger partial charge in [0, 0.05) is 11.1 Å². The van der Waals surface area contributed by atoms with E-state index in [1.807, 2.05) is 6.92 Å². The number of carbonyl (C=O) groups excluding carboxylic acids is 3. The van der Waals surface area contributed by atoms with Crippen LogP contribution in [0.25, 0.3) is 0 Å². The van der Waals surface area contributed by atoms with Crippen molar-refractivity contribution >= 4 is 17.7 Å². The van der Waals surface area contributed by atoms with Gasteiger partial charge < -0.3 is 24.3 Å². The SMILES string of the molecule is CCOC(=O)COc1ccc([C@@H](C)NC(=O)Cc2cc(C(C)=O)ccc2OC)cc1OC. The van der Waals surface area contributed by atoms with Gasteiger partial charge in [0.1, 0.15) is 5.75 Å². The van der Waals surface area contributed by atoms with Crippen LogP contribution in [0, 0.1) is 0 Å². The van der Waals surface area contributed by atoms with E-state index in [0.29, 0.717) is 28.4 Å². The summed E-state index contributed by atoms with van der Waals surface area (Å²) in [5, 5.41) is 2.93. The first-order valence-corrected chi connectivity index (χ1v) is 10.2. The van der Waals surface area contributed by atoms with Crippen LogP contribution in [-0.4, -0.2) is 45.1 Å². The summed E-state index contributed by atoms with van der Waals surface area (Å²) in [7, 11) is 3.01. The molecule has 32 heavy (non-hydrogen) atoms. The van der Waals surface area contributed by atoms with E-state index in [0.717, 1.165) is 5.56 Å². The van der Waals surface area contributed by atoms with Crippen LogP contribution < -0.4 is 19.5 Å². The highest BCUT2D eigenvalue weighted by Crippen LogP contribution is 2.30. The summed E-state index contributed by atoms with van der Waals surface area (Å²) in [6.07, 6.45) is 0.0620. The fourth-order valence-corrected chi connectivity index (χ4v) is 3.10. The molecule has 1 atom stereocenters. The largest absolute Gasteiger partial charge is 0.496 e. The summed E-state index contributed by atoms with van der Waals surface area (Å²) >= 11 is 0. The zero-order valence-corrected chi connectivity index (χ0v) is 19.0.